The number of hydrogen-bond acceptors (Lipinski definition) is 4. The summed E-state index contributed by atoms with van der Waals surface area (Å²) in [6.45, 7) is -0.209. The molecule has 0 unspecified atom stereocenters. The second-order valence-corrected chi connectivity index (χ2v) is 6.18. The van der Waals surface area contributed by atoms with E-state index in [9.17, 15) is 4.79 Å². The third-order valence-corrected chi connectivity index (χ3v) is 4.37. The molecule has 0 aliphatic heterocycles. The third kappa shape index (κ3) is 3.86. The largest absolute Gasteiger partial charge is 0.493 e. The monoisotopic (exact) mass is 356 g/mol. The van der Waals surface area contributed by atoms with E-state index in [0.29, 0.717) is 11.3 Å². The van der Waals surface area contributed by atoms with Crippen LogP contribution in [0, 0.1) is 11.3 Å². The molecule has 0 atom stereocenters. The third-order valence-electron chi connectivity index (χ3n) is 4.09. The van der Waals surface area contributed by atoms with Crippen LogP contribution in [0.1, 0.15) is 23.1 Å². The molecule has 0 radical (unpaired) electrons. The van der Waals surface area contributed by atoms with Crippen molar-refractivity contribution in [2.75, 3.05) is 19.0 Å². The lowest BCUT2D eigenvalue weighted by molar-refractivity contribution is -0.118. The van der Waals surface area contributed by atoms with Crippen molar-refractivity contribution in [3.63, 3.8) is 0 Å². The van der Waals surface area contributed by atoms with Gasteiger partial charge in [0, 0.05) is 11.8 Å². The number of nitriles is 1. The number of aryl methyl sites for hydroxylation is 2. The molecule has 0 saturated carbocycles. The maximum Gasteiger partial charge on any atom is 0.262 e. The average Bonchev–Trinajstić information content (AvgIpc) is 3.07. The molecule has 25 heavy (non-hydrogen) atoms. The van der Waals surface area contributed by atoms with Crippen LogP contribution >= 0.6 is 11.6 Å². The molecule has 1 aliphatic rings. The van der Waals surface area contributed by atoms with Crippen LogP contribution in [0.3, 0.4) is 0 Å². The number of nitrogens with zero attached hydrogens (tertiary/aromatic N) is 1. The summed E-state index contributed by atoms with van der Waals surface area (Å²) in [5.41, 5.74) is 3.75. The van der Waals surface area contributed by atoms with E-state index in [1.165, 1.54) is 30.4 Å². The highest BCUT2D eigenvalue weighted by atomic mass is 35.5. The summed E-state index contributed by atoms with van der Waals surface area (Å²) in [7, 11) is 1.45. The first-order chi connectivity index (χ1) is 12.1. The number of amides is 1. The Morgan fingerprint density at radius 2 is 2.08 bits per heavy atom. The number of halogens is 1. The Kier molecular flexibility index (Phi) is 5.11. The number of methoxy groups -OCH3 is 1. The Hall–Kier alpha value is -2.71. The molecule has 1 amide bonds. The zero-order valence-electron chi connectivity index (χ0n) is 13.8. The van der Waals surface area contributed by atoms with Crippen molar-refractivity contribution in [2.24, 2.45) is 0 Å². The van der Waals surface area contributed by atoms with Crippen LogP contribution in [-0.2, 0) is 17.6 Å². The topological polar surface area (TPSA) is 71.3 Å². The molecule has 5 nitrogen and oxygen atoms in total. The molecule has 6 heteroatoms. The molecule has 3 rings (SSSR count). The number of benzene rings is 2. The van der Waals surface area contributed by atoms with E-state index < -0.39 is 0 Å². The van der Waals surface area contributed by atoms with Gasteiger partial charge in [-0.2, -0.15) is 5.26 Å². The molecule has 1 aliphatic carbocycles. The summed E-state index contributed by atoms with van der Waals surface area (Å²) in [4.78, 5) is 12.1. The Morgan fingerprint density at radius 3 is 2.84 bits per heavy atom. The van der Waals surface area contributed by atoms with Gasteiger partial charge in [0.05, 0.1) is 23.8 Å². The van der Waals surface area contributed by atoms with Crippen LogP contribution in [0.4, 0.5) is 5.69 Å². The van der Waals surface area contributed by atoms with Gasteiger partial charge in [-0.1, -0.05) is 17.7 Å². The summed E-state index contributed by atoms with van der Waals surface area (Å²) in [6.07, 6.45) is 3.31. The molecule has 2 aromatic carbocycles. The van der Waals surface area contributed by atoms with Gasteiger partial charge >= 0.3 is 0 Å². The second kappa shape index (κ2) is 7.45. The summed E-state index contributed by atoms with van der Waals surface area (Å²) in [5.74, 6) is 0.266. The molecule has 128 valence electrons. The number of carbonyl (C=O) groups excluding carboxylic acids is 1. The fourth-order valence-electron chi connectivity index (χ4n) is 2.91. The van der Waals surface area contributed by atoms with Gasteiger partial charge in [-0.25, -0.2) is 0 Å². The molecule has 0 aromatic heterocycles. The lowest BCUT2D eigenvalue weighted by Gasteiger charge is -2.13. The fraction of sp³-hybridized carbons (Fsp3) is 0.263. The highest BCUT2D eigenvalue weighted by Crippen LogP contribution is 2.36. The molecule has 0 fully saturated rings. The maximum absolute atomic E-state index is 12.1. The summed E-state index contributed by atoms with van der Waals surface area (Å²) >= 11 is 6.11. The van der Waals surface area contributed by atoms with E-state index in [4.69, 9.17) is 26.3 Å². The van der Waals surface area contributed by atoms with Gasteiger partial charge in [0.1, 0.15) is 0 Å². The van der Waals surface area contributed by atoms with Gasteiger partial charge in [-0.3, -0.25) is 4.79 Å². The Labute approximate surface area is 151 Å². The van der Waals surface area contributed by atoms with E-state index in [2.05, 4.69) is 11.4 Å². The SMILES string of the molecule is COc1cc(C#N)cc(Cl)c1OCC(=O)Nc1ccc2c(c1)CCC2. The Bertz CT molecular complexity index is 858. The van der Waals surface area contributed by atoms with Crippen LogP contribution in [0.15, 0.2) is 30.3 Å². The van der Waals surface area contributed by atoms with Crippen LogP contribution < -0.4 is 14.8 Å². The van der Waals surface area contributed by atoms with Gasteiger partial charge in [0.15, 0.2) is 18.1 Å². The standard InChI is InChI=1S/C19H17ClN2O3/c1-24-17-8-12(10-21)7-16(20)19(17)25-11-18(23)22-15-6-5-13-3-2-4-14(13)9-15/h5-9H,2-4,11H2,1H3,(H,22,23). The van der Waals surface area contributed by atoms with Crippen LogP contribution in [0.2, 0.25) is 5.02 Å². The van der Waals surface area contributed by atoms with Gasteiger partial charge in [0.25, 0.3) is 5.91 Å². The van der Waals surface area contributed by atoms with Crippen molar-refractivity contribution in [3.8, 4) is 17.6 Å². The van der Waals surface area contributed by atoms with Gasteiger partial charge in [-0.15, -0.1) is 0 Å². The number of fused-ring (bicyclic) bond motifs is 1. The second-order valence-electron chi connectivity index (χ2n) is 5.78. The van der Waals surface area contributed by atoms with Crippen LogP contribution in [-0.4, -0.2) is 19.6 Å². The van der Waals surface area contributed by atoms with Gasteiger partial charge in [-0.05, 0) is 48.6 Å². The molecule has 1 N–H and O–H groups in total. The van der Waals surface area contributed by atoms with Crippen molar-refractivity contribution in [1.82, 2.24) is 0 Å². The lowest BCUT2D eigenvalue weighted by atomic mass is 10.1. The van der Waals surface area contributed by atoms with E-state index in [0.717, 1.165) is 24.9 Å². The van der Waals surface area contributed by atoms with Crippen molar-refractivity contribution in [3.05, 3.63) is 52.0 Å². The van der Waals surface area contributed by atoms with Crippen LogP contribution in [0.5, 0.6) is 11.5 Å². The highest BCUT2D eigenvalue weighted by molar-refractivity contribution is 6.32. The lowest BCUT2D eigenvalue weighted by Crippen LogP contribution is -2.20. The zero-order chi connectivity index (χ0) is 17.8. The highest BCUT2D eigenvalue weighted by Gasteiger charge is 2.15. The normalized spacial score (nSPS) is 12.2. The first-order valence-corrected chi connectivity index (χ1v) is 8.30. The number of hydrogen-bond donors (Lipinski definition) is 1. The molecular weight excluding hydrogens is 340 g/mol. The molecular formula is C19H17ClN2O3. The number of carbonyl (C=O) groups is 1. The predicted octanol–water partition coefficient (Wildman–Crippen LogP) is 3.73. The number of ether oxygens (including phenoxy) is 2. The fourth-order valence-corrected chi connectivity index (χ4v) is 3.17. The minimum atomic E-state index is -0.291. The van der Waals surface area contributed by atoms with E-state index in [1.54, 1.807) is 0 Å². The molecule has 2 aromatic rings. The summed E-state index contributed by atoms with van der Waals surface area (Å²) in [6, 6.07) is 10.9. The quantitative estimate of drug-likeness (QED) is 0.886. The maximum atomic E-state index is 12.1. The van der Waals surface area contributed by atoms with Gasteiger partial charge < -0.3 is 14.8 Å². The minimum absolute atomic E-state index is 0.209. The van der Waals surface area contributed by atoms with E-state index >= 15 is 0 Å². The van der Waals surface area contributed by atoms with Crippen molar-refractivity contribution in [1.29, 1.82) is 5.26 Å². The number of rotatable bonds is 5. The summed E-state index contributed by atoms with van der Waals surface area (Å²) < 4.78 is 10.7. The minimum Gasteiger partial charge on any atom is -0.493 e. The molecule has 0 spiro atoms. The number of nitrogens with one attached hydrogen (secondary N) is 1. The average molecular weight is 357 g/mol. The van der Waals surface area contributed by atoms with Gasteiger partial charge in [0.2, 0.25) is 0 Å². The van der Waals surface area contributed by atoms with Crippen molar-refractivity contribution in [2.45, 2.75) is 19.3 Å². The smallest absolute Gasteiger partial charge is 0.262 e. The van der Waals surface area contributed by atoms with Crippen molar-refractivity contribution >= 4 is 23.2 Å². The predicted molar refractivity (Wildman–Crippen MR) is 95.3 cm³/mol. The zero-order valence-corrected chi connectivity index (χ0v) is 14.5. The number of anilines is 1. The summed E-state index contributed by atoms with van der Waals surface area (Å²) in [5, 5.41) is 12.0. The van der Waals surface area contributed by atoms with Crippen LogP contribution in [0.25, 0.3) is 0 Å². The molecule has 0 saturated heterocycles. The van der Waals surface area contributed by atoms with E-state index in [-0.39, 0.29) is 23.3 Å². The Morgan fingerprint density at radius 1 is 1.28 bits per heavy atom. The van der Waals surface area contributed by atoms with E-state index in [1.807, 2.05) is 18.2 Å². The molecule has 0 heterocycles. The molecule has 0 bridgehead atoms. The Balaban J connectivity index is 1.66. The van der Waals surface area contributed by atoms with Crippen molar-refractivity contribution < 1.29 is 14.3 Å². The first-order valence-electron chi connectivity index (χ1n) is 7.93. The first kappa shape index (κ1) is 17.1.